The van der Waals surface area contributed by atoms with E-state index in [1.54, 1.807) is 0 Å². The third-order valence-electron chi connectivity index (χ3n) is 9.02. The van der Waals surface area contributed by atoms with Gasteiger partial charge in [0.2, 0.25) is 0 Å². The summed E-state index contributed by atoms with van der Waals surface area (Å²) in [5.41, 5.74) is 12.2. The molecule has 198 valence electrons. The molecule has 2 aliphatic rings. The fourth-order valence-corrected chi connectivity index (χ4v) is 7.00. The molecule has 0 bridgehead atoms. The number of furan rings is 1. The Kier molecular flexibility index (Phi) is 5.33. The highest BCUT2D eigenvalue weighted by atomic mass is 16.3. The Labute approximate surface area is 240 Å². The van der Waals surface area contributed by atoms with Crippen molar-refractivity contribution in [1.29, 1.82) is 0 Å². The number of nitrogens with zero attached hydrogens (tertiary/aromatic N) is 1. The minimum Gasteiger partial charge on any atom is -0.455 e. The number of hydrogen-bond acceptors (Lipinski definition) is 2. The second-order valence-electron chi connectivity index (χ2n) is 11.7. The summed E-state index contributed by atoms with van der Waals surface area (Å²) < 4.78 is 6.43. The predicted octanol–water partition coefficient (Wildman–Crippen LogP) is 10.4. The van der Waals surface area contributed by atoms with Crippen LogP contribution in [0.1, 0.15) is 37.0 Å². The van der Waals surface area contributed by atoms with E-state index >= 15 is 0 Å². The molecule has 1 atom stereocenters. The van der Waals surface area contributed by atoms with Crippen molar-refractivity contribution in [2.75, 3.05) is 4.90 Å². The van der Waals surface area contributed by atoms with Crippen molar-refractivity contribution in [3.05, 3.63) is 150 Å². The van der Waals surface area contributed by atoms with E-state index in [1.165, 1.54) is 55.5 Å². The van der Waals surface area contributed by atoms with Gasteiger partial charge < -0.3 is 9.32 Å². The van der Waals surface area contributed by atoms with Crippen LogP contribution in [0.5, 0.6) is 0 Å². The Bertz CT molecular complexity index is 2010. The molecule has 1 aromatic heterocycles. The summed E-state index contributed by atoms with van der Waals surface area (Å²) in [5.74, 6) is 0. The van der Waals surface area contributed by atoms with E-state index < -0.39 is 0 Å². The average Bonchev–Trinajstić information content (AvgIpc) is 3.51. The second kappa shape index (κ2) is 9.11. The molecule has 1 heterocycles. The molecule has 0 radical (unpaired) electrons. The van der Waals surface area contributed by atoms with E-state index in [2.05, 4.69) is 146 Å². The van der Waals surface area contributed by atoms with Crippen LogP contribution in [-0.2, 0) is 5.41 Å². The normalized spacial score (nSPS) is 16.9. The Hall–Kier alpha value is -4.82. The maximum Gasteiger partial charge on any atom is 0.142 e. The summed E-state index contributed by atoms with van der Waals surface area (Å²) in [6, 6.07) is 41.7. The van der Waals surface area contributed by atoms with Crippen molar-refractivity contribution < 1.29 is 4.42 Å². The molecule has 41 heavy (non-hydrogen) atoms. The molecule has 2 nitrogen and oxygen atoms in total. The molecule has 6 aromatic rings. The lowest BCUT2D eigenvalue weighted by Crippen LogP contribution is -2.31. The van der Waals surface area contributed by atoms with Crippen LogP contribution in [0, 0.1) is 0 Å². The zero-order chi connectivity index (χ0) is 27.6. The fraction of sp³-hybridized carbons (Fsp3) is 0.128. The Morgan fingerprint density at radius 1 is 0.659 bits per heavy atom. The number of rotatable bonds is 4. The van der Waals surface area contributed by atoms with E-state index in [4.69, 9.17) is 4.42 Å². The van der Waals surface area contributed by atoms with Gasteiger partial charge in [-0.3, -0.25) is 0 Å². The highest BCUT2D eigenvalue weighted by molar-refractivity contribution is 6.08. The van der Waals surface area contributed by atoms with E-state index in [0.29, 0.717) is 0 Å². The van der Waals surface area contributed by atoms with Gasteiger partial charge in [0.1, 0.15) is 11.2 Å². The fourth-order valence-electron chi connectivity index (χ4n) is 7.00. The van der Waals surface area contributed by atoms with Crippen LogP contribution in [-0.4, -0.2) is 6.04 Å². The van der Waals surface area contributed by atoms with Crippen LogP contribution in [0.4, 0.5) is 11.4 Å². The summed E-state index contributed by atoms with van der Waals surface area (Å²) in [6.07, 6.45) is 7.68. The van der Waals surface area contributed by atoms with Crippen molar-refractivity contribution in [2.45, 2.75) is 31.7 Å². The lowest BCUT2D eigenvalue weighted by Gasteiger charge is -2.35. The molecule has 2 heteroatoms. The maximum absolute atomic E-state index is 6.43. The maximum atomic E-state index is 6.43. The zero-order valence-electron chi connectivity index (χ0n) is 23.3. The van der Waals surface area contributed by atoms with Crippen molar-refractivity contribution >= 4 is 38.9 Å². The first-order chi connectivity index (χ1) is 20.1. The van der Waals surface area contributed by atoms with Gasteiger partial charge in [0.15, 0.2) is 0 Å². The van der Waals surface area contributed by atoms with E-state index in [9.17, 15) is 0 Å². The first kappa shape index (κ1) is 24.0. The van der Waals surface area contributed by atoms with Gasteiger partial charge in [0.05, 0.1) is 6.04 Å². The standard InChI is InChI=1S/C39H31NO/c1-39(2)35-20-8-6-16-31(35)32-23-22-29(25-36(32)39)40(27-13-4-3-5-14-27)28-15-10-12-26(24-28)30-18-11-19-34-33-17-7-9-21-37(33)41-38(30)34/h3-23,25,28H,24H2,1-2H3. The van der Waals surface area contributed by atoms with Crippen molar-refractivity contribution in [2.24, 2.45) is 0 Å². The predicted molar refractivity (Wildman–Crippen MR) is 172 cm³/mol. The molecule has 1 unspecified atom stereocenters. The van der Waals surface area contributed by atoms with Crippen molar-refractivity contribution in [1.82, 2.24) is 0 Å². The van der Waals surface area contributed by atoms with Gasteiger partial charge >= 0.3 is 0 Å². The Balaban J connectivity index is 1.22. The number of benzene rings is 5. The van der Waals surface area contributed by atoms with E-state index in [-0.39, 0.29) is 11.5 Å². The number of hydrogen-bond donors (Lipinski definition) is 0. The molecule has 5 aromatic carbocycles. The molecular weight excluding hydrogens is 498 g/mol. The van der Waals surface area contributed by atoms with Crippen molar-refractivity contribution in [3.63, 3.8) is 0 Å². The Morgan fingerprint density at radius 3 is 2.29 bits per heavy atom. The van der Waals surface area contributed by atoms with Crippen LogP contribution < -0.4 is 4.90 Å². The number of para-hydroxylation sites is 3. The molecule has 8 rings (SSSR count). The molecule has 0 fully saturated rings. The largest absolute Gasteiger partial charge is 0.455 e. The van der Waals surface area contributed by atoms with Crippen LogP contribution in [0.15, 0.2) is 138 Å². The lowest BCUT2D eigenvalue weighted by atomic mass is 9.82. The molecule has 2 aliphatic carbocycles. The highest BCUT2D eigenvalue weighted by Crippen LogP contribution is 2.50. The third-order valence-corrected chi connectivity index (χ3v) is 9.02. The molecule has 0 saturated carbocycles. The van der Waals surface area contributed by atoms with Gasteiger partial charge in [0.25, 0.3) is 0 Å². The minimum atomic E-state index is -0.0469. The summed E-state index contributed by atoms with van der Waals surface area (Å²) in [5, 5.41) is 2.34. The first-order valence-corrected chi connectivity index (χ1v) is 14.5. The molecule has 0 spiro atoms. The van der Waals surface area contributed by atoms with Gasteiger partial charge in [0, 0.05) is 33.1 Å². The van der Waals surface area contributed by atoms with Gasteiger partial charge in [-0.05, 0) is 64.6 Å². The van der Waals surface area contributed by atoms with Gasteiger partial charge in [-0.25, -0.2) is 0 Å². The van der Waals surface area contributed by atoms with Crippen LogP contribution >= 0.6 is 0 Å². The first-order valence-electron chi connectivity index (χ1n) is 14.5. The smallest absolute Gasteiger partial charge is 0.142 e. The topological polar surface area (TPSA) is 16.4 Å². The highest BCUT2D eigenvalue weighted by Gasteiger charge is 2.36. The van der Waals surface area contributed by atoms with E-state index in [1.807, 2.05) is 6.07 Å². The molecule has 0 aliphatic heterocycles. The van der Waals surface area contributed by atoms with E-state index in [0.717, 1.165) is 17.6 Å². The molecule has 0 amide bonds. The summed E-state index contributed by atoms with van der Waals surface area (Å²) in [6.45, 7) is 4.70. The van der Waals surface area contributed by atoms with Crippen LogP contribution in [0.2, 0.25) is 0 Å². The average molecular weight is 530 g/mol. The van der Waals surface area contributed by atoms with Gasteiger partial charge in [-0.2, -0.15) is 0 Å². The minimum absolute atomic E-state index is 0.0469. The SMILES string of the molecule is CC1(C)c2ccccc2-c2ccc(N(c3ccccc3)C3C=CC=C(c4cccc5c4oc4ccccc45)C3)cc21. The second-order valence-corrected chi connectivity index (χ2v) is 11.7. The van der Waals surface area contributed by atoms with Gasteiger partial charge in [-0.15, -0.1) is 0 Å². The Morgan fingerprint density at radius 2 is 1.39 bits per heavy atom. The van der Waals surface area contributed by atoms with Crippen molar-refractivity contribution in [3.8, 4) is 11.1 Å². The monoisotopic (exact) mass is 529 g/mol. The van der Waals surface area contributed by atoms with Crippen LogP contribution in [0.3, 0.4) is 0 Å². The molecule has 0 N–H and O–H groups in total. The third kappa shape index (κ3) is 3.71. The summed E-state index contributed by atoms with van der Waals surface area (Å²) in [7, 11) is 0. The quantitative estimate of drug-likeness (QED) is 0.226. The zero-order valence-corrected chi connectivity index (χ0v) is 23.3. The number of allylic oxidation sites excluding steroid dienone is 2. The molecular formula is C39H31NO. The summed E-state index contributed by atoms with van der Waals surface area (Å²) in [4.78, 5) is 2.50. The summed E-state index contributed by atoms with van der Waals surface area (Å²) >= 11 is 0. The number of anilines is 2. The van der Waals surface area contributed by atoms with Gasteiger partial charge in [-0.1, -0.05) is 117 Å². The number of fused-ring (bicyclic) bond motifs is 6. The molecule has 0 saturated heterocycles. The van der Waals surface area contributed by atoms with Crippen LogP contribution in [0.25, 0.3) is 38.6 Å². The lowest BCUT2D eigenvalue weighted by molar-refractivity contribution is 0.659.